The number of guanidine groups is 1. The molecule has 0 amide bonds. The molecule has 3 heterocycles. The highest BCUT2D eigenvalue weighted by Crippen LogP contribution is 2.21. The lowest BCUT2D eigenvalue weighted by Crippen LogP contribution is -2.52. The molecular weight excluding hydrogens is 367 g/mol. The number of benzene rings is 1. The number of pyridine rings is 1. The predicted molar refractivity (Wildman–Crippen MR) is 116 cm³/mol. The second-order valence-electron chi connectivity index (χ2n) is 7.54. The first kappa shape index (κ1) is 19.5. The van der Waals surface area contributed by atoms with Crippen LogP contribution in [0.3, 0.4) is 0 Å². The summed E-state index contributed by atoms with van der Waals surface area (Å²) in [5.41, 5.74) is 1.88. The van der Waals surface area contributed by atoms with Crippen LogP contribution >= 0.6 is 0 Å². The monoisotopic (exact) mass is 396 g/mol. The average molecular weight is 397 g/mol. The molecule has 29 heavy (non-hydrogen) atoms. The molecule has 2 aliphatic heterocycles. The van der Waals surface area contributed by atoms with Crippen molar-refractivity contribution in [3.63, 3.8) is 0 Å². The Labute approximate surface area is 172 Å². The van der Waals surface area contributed by atoms with Gasteiger partial charge >= 0.3 is 0 Å². The molecule has 4 rings (SSSR count). The highest BCUT2D eigenvalue weighted by Gasteiger charge is 2.21. The van der Waals surface area contributed by atoms with E-state index in [4.69, 9.17) is 0 Å². The summed E-state index contributed by atoms with van der Waals surface area (Å²) in [6.45, 7) is 6.07. The molecule has 1 N–H and O–H groups in total. The molecule has 0 atom stereocenters. The largest absolute Gasteiger partial charge is 0.366 e. The van der Waals surface area contributed by atoms with Crippen molar-refractivity contribution in [3.05, 3.63) is 54.0 Å². The third kappa shape index (κ3) is 4.60. The molecule has 0 unspecified atom stereocenters. The maximum absolute atomic E-state index is 14.0. The van der Waals surface area contributed by atoms with E-state index in [-0.39, 0.29) is 5.82 Å². The summed E-state index contributed by atoms with van der Waals surface area (Å²) in [7, 11) is 1.81. The van der Waals surface area contributed by atoms with Gasteiger partial charge in [-0.05, 0) is 42.7 Å². The number of halogens is 1. The van der Waals surface area contributed by atoms with Gasteiger partial charge < -0.3 is 20.0 Å². The minimum atomic E-state index is -0.157. The standard InChI is InChI=1S/C22H29FN6/c1-24-22(26-17-18-8-9-25-21(16-18)28-10-4-5-11-28)29-14-12-27(13-15-29)20-7-3-2-6-19(20)23/h2-3,6-9,16H,4-5,10-15,17H2,1H3,(H,24,26). The van der Waals surface area contributed by atoms with Crippen LogP contribution in [0.25, 0.3) is 0 Å². The second-order valence-corrected chi connectivity index (χ2v) is 7.54. The Morgan fingerprint density at radius 3 is 2.52 bits per heavy atom. The summed E-state index contributed by atoms with van der Waals surface area (Å²) < 4.78 is 14.0. The Bertz CT molecular complexity index is 841. The first-order valence-corrected chi connectivity index (χ1v) is 10.4. The minimum absolute atomic E-state index is 0.157. The van der Waals surface area contributed by atoms with Gasteiger partial charge in [-0.2, -0.15) is 0 Å². The normalized spacial score (nSPS) is 17.7. The number of para-hydroxylation sites is 1. The van der Waals surface area contributed by atoms with Crippen molar-refractivity contribution >= 4 is 17.5 Å². The fourth-order valence-electron chi connectivity index (χ4n) is 4.07. The molecule has 0 spiro atoms. The summed E-state index contributed by atoms with van der Waals surface area (Å²) in [6.07, 6.45) is 4.38. The van der Waals surface area contributed by atoms with Gasteiger partial charge in [-0.3, -0.25) is 4.99 Å². The smallest absolute Gasteiger partial charge is 0.194 e. The number of nitrogens with zero attached hydrogens (tertiary/aromatic N) is 5. The summed E-state index contributed by atoms with van der Waals surface area (Å²) in [4.78, 5) is 15.7. The van der Waals surface area contributed by atoms with Crippen LogP contribution in [-0.4, -0.2) is 62.2 Å². The lowest BCUT2D eigenvalue weighted by atomic mass is 10.2. The second kappa shape index (κ2) is 9.11. The highest BCUT2D eigenvalue weighted by molar-refractivity contribution is 5.80. The Morgan fingerprint density at radius 2 is 1.79 bits per heavy atom. The molecule has 6 nitrogen and oxygen atoms in total. The van der Waals surface area contributed by atoms with Gasteiger partial charge in [0.1, 0.15) is 11.6 Å². The van der Waals surface area contributed by atoms with Crippen molar-refractivity contribution in [1.29, 1.82) is 0 Å². The van der Waals surface area contributed by atoms with Crippen LogP contribution in [0.4, 0.5) is 15.9 Å². The highest BCUT2D eigenvalue weighted by atomic mass is 19.1. The number of nitrogens with one attached hydrogen (secondary N) is 1. The Morgan fingerprint density at radius 1 is 1.03 bits per heavy atom. The number of hydrogen-bond donors (Lipinski definition) is 1. The average Bonchev–Trinajstić information content (AvgIpc) is 3.30. The maximum Gasteiger partial charge on any atom is 0.194 e. The first-order valence-electron chi connectivity index (χ1n) is 10.4. The molecule has 1 aromatic heterocycles. The molecule has 0 radical (unpaired) electrons. The van der Waals surface area contributed by atoms with E-state index in [0.29, 0.717) is 12.2 Å². The molecule has 0 aliphatic carbocycles. The van der Waals surface area contributed by atoms with Crippen molar-refractivity contribution in [2.24, 2.45) is 4.99 Å². The number of hydrogen-bond acceptors (Lipinski definition) is 4. The van der Waals surface area contributed by atoms with E-state index < -0.39 is 0 Å². The van der Waals surface area contributed by atoms with Crippen molar-refractivity contribution in [2.75, 3.05) is 56.1 Å². The number of aromatic nitrogens is 1. The van der Waals surface area contributed by atoms with Crippen LogP contribution in [0, 0.1) is 5.82 Å². The summed E-state index contributed by atoms with van der Waals surface area (Å²) in [5, 5.41) is 3.48. The predicted octanol–water partition coefficient (Wildman–Crippen LogP) is 2.72. The van der Waals surface area contributed by atoms with E-state index in [0.717, 1.165) is 51.0 Å². The van der Waals surface area contributed by atoms with E-state index in [2.05, 4.69) is 42.1 Å². The van der Waals surface area contributed by atoms with Crippen molar-refractivity contribution in [1.82, 2.24) is 15.2 Å². The molecule has 2 fully saturated rings. The molecule has 154 valence electrons. The minimum Gasteiger partial charge on any atom is -0.366 e. The van der Waals surface area contributed by atoms with E-state index in [1.54, 1.807) is 6.07 Å². The molecular formula is C22H29FN6. The quantitative estimate of drug-likeness (QED) is 0.636. The number of rotatable bonds is 4. The van der Waals surface area contributed by atoms with Gasteiger partial charge in [0.15, 0.2) is 5.96 Å². The van der Waals surface area contributed by atoms with Gasteiger partial charge in [-0.25, -0.2) is 9.37 Å². The van der Waals surface area contributed by atoms with E-state index >= 15 is 0 Å². The van der Waals surface area contributed by atoms with E-state index in [1.165, 1.54) is 24.5 Å². The third-order valence-electron chi connectivity index (χ3n) is 5.67. The van der Waals surface area contributed by atoms with Gasteiger partial charge in [0.2, 0.25) is 0 Å². The zero-order chi connectivity index (χ0) is 20.1. The molecule has 7 heteroatoms. The van der Waals surface area contributed by atoms with Gasteiger partial charge in [0, 0.05) is 59.1 Å². The van der Waals surface area contributed by atoms with Crippen molar-refractivity contribution in [2.45, 2.75) is 19.4 Å². The van der Waals surface area contributed by atoms with Gasteiger partial charge in [0.05, 0.1) is 5.69 Å². The fraction of sp³-hybridized carbons (Fsp3) is 0.455. The molecule has 2 aromatic rings. The van der Waals surface area contributed by atoms with Crippen LogP contribution in [0.15, 0.2) is 47.6 Å². The van der Waals surface area contributed by atoms with Crippen LogP contribution < -0.4 is 15.1 Å². The van der Waals surface area contributed by atoms with E-state index in [1.807, 2.05) is 25.4 Å². The van der Waals surface area contributed by atoms with Crippen LogP contribution in [0.1, 0.15) is 18.4 Å². The summed E-state index contributed by atoms with van der Waals surface area (Å²) >= 11 is 0. The lowest BCUT2D eigenvalue weighted by molar-refractivity contribution is 0.370. The zero-order valence-corrected chi connectivity index (χ0v) is 17.0. The first-order chi connectivity index (χ1) is 14.2. The van der Waals surface area contributed by atoms with Gasteiger partial charge in [-0.1, -0.05) is 12.1 Å². The SMILES string of the molecule is CN=C(NCc1ccnc(N2CCCC2)c1)N1CCN(c2ccccc2F)CC1. The number of piperazine rings is 1. The number of aliphatic imine (C=N–C) groups is 1. The van der Waals surface area contributed by atoms with Crippen LogP contribution in [0.5, 0.6) is 0 Å². The topological polar surface area (TPSA) is 47.0 Å². The Hall–Kier alpha value is -2.83. The van der Waals surface area contributed by atoms with Crippen LogP contribution in [-0.2, 0) is 6.54 Å². The summed E-state index contributed by atoms with van der Waals surface area (Å²) in [5.74, 6) is 1.79. The maximum atomic E-state index is 14.0. The zero-order valence-electron chi connectivity index (χ0n) is 17.0. The molecule has 0 saturated carbocycles. The fourth-order valence-corrected chi connectivity index (χ4v) is 4.07. The molecule has 2 aliphatic rings. The van der Waals surface area contributed by atoms with E-state index in [9.17, 15) is 4.39 Å². The van der Waals surface area contributed by atoms with Crippen molar-refractivity contribution in [3.8, 4) is 0 Å². The summed E-state index contributed by atoms with van der Waals surface area (Å²) in [6, 6.07) is 11.2. The molecule has 1 aromatic carbocycles. The lowest BCUT2D eigenvalue weighted by Gasteiger charge is -2.37. The van der Waals surface area contributed by atoms with Gasteiger partial charge in [0.25, 0.3) is 0 Å². The van der Waals surface area contributed by atoms with Crippen LogP contribution in [0.2, 0.25) is 0 Å². The third-order valence-corrected chi connectivity index (χ3v) is 5.67. The van der Waals surface area contributed by atoms with Gasteiger partial charge in [-0.15, -0.1) is 0 Å². The van der Waals surface area contributed by atoms with Crippen molar-refractivity contribution < 1.29 is 4.39 Å². The Balaban J connectivity index is 1.32. The molecule has 0 bridgehead atoms. The number of anilines is 2. The Kier molecular flexibility index (Phi) is 6.12. The molecule has 2 saturated heterocycles.